The van der Waals surface area contributed by atoms with Crippen LogP contribution in [0.5, 0.6) is 11.5 Å². The lowest BCUT2D eigenvalue weighted by Gasteiger charge is -2.18. The fourth-order valence-electron chi connectivity index (χ4n) is 1.51. The zero-order valence-electron chi connectivity index (χ0n) is 9.84. The average molecular weight is 328 g/mol. The number of rotatable bonds is 4. The van der Waals surface area contributed by atoms with E-state index in [1.807, 2.05) is 0 Å². The van der Waals surface area contributed by atoms with E-state index in [4.69, 9.17) is 15.2 Å². The third kappa shape index (κ3) is 3.78. The standard InChI is InChI=1S/C11H13BrF3NO2/c1-17-9-3-6(7(12)4-10(9)18-2)8(16)5-11(13,14)15/h3-4,8H,5,16H2,1-2H3/t8-/m0/s1. The molecule has 0 aliphatic rings. The van der Waals surface area contributed by atoms with Crippen LogP contribution >= 0.6 is 15.9 Å². The van der Waals surface area contributed by atoms with Gasteiger partial charge >= 0.3 is 6.18 Å². The summed E-state index contributed by atoms with van der Waals surface area (Å²) in [5.74, 6) is 0.764. The predicted octanol–water partition coefficient (Wildman–Crippen LogP) is 3.42. The lowest BCUT2D eigenvalue weighted by molar-refractivity contribution is -0.138. The van der Waals surface area contributed by atoms with E-state index in [0.717, 1.165) is 0 Å². The summed E-state index contributed by atoms with van der Waals surface area (Å²) in [5, 5.41) is 0. The first-order valence-electron chi connectivity index (χ1n) is 5.02. The minimum atomic E-state index is -4.31. The summed E-state index contributed by atoms with van der Waals surface area (Å²) in [4.78, 5) is 0. The highest BCUT2D eigenvalue weighted by Crippen LogP contribution is 2.38. The molecule has 0 unspecified atom stereocenters. The molecule has 2 N–H and O–H groups in total. The average Bonchev–Trinajstić information content (AvgIpc) is 2.26. The largest absolute Gasteiger partial charge is 0.493 e. The molecule has 0 heterocycles. The van der Waals surface area contributed by atoms with Gasteiger partial charge in [0.2, 0.25) is 0 Å². The quantitative estimate of drug-likeness (QED) is 0.921. The Hall–Kier alpha value is -0.950. The third-order valence-electron chi connectivity index (χ3n) is 2.35. The number of hydrogen-bond donors (Lipinski definition) is 1. The highest BCUT2D eigenvalue weighted by Gasteiger charge is 2.32. The highest BCUT2D eigenvalue weighted by molar-refractivity contribution is 9.10. The van der Waals surface area contributed by atoms with Crippen molar-refractivity contribution in [1.29, 1.82) is 0 Å². The van der Waals surface area contributed by atoms with Crippen LogP contribution in [0.1, 0.15) is 18.0 Å². The number of halogens is 4. The van der Waals surface area contributed by atoms with Crippen LogP contribution < -0.4 is 15.2 Å². The molecule has 0 aliphatic heterocycles. The lowest BCUT2D eigenvalue weighted by Crippen LogP contribution is -2.20. The first kappa shape index (κ1) is 15.1. The molecule has 0 fully saturated rings. The molecular formula is C11H13BrF3NO2. The van der Waals surface area contributed by atoms with Crippen LogP contribution in [-0.4, -0.2) is 20.4 Å². The molecule has 18 heavy (non-hydrogen) atoms. The molecule has 7 heteroatoms. The summed E-state index contributed by atoms with van der Waals surface area (Å²) in [6.45, 7) is 0. The molecule has 3 nitrogen and oxygen atoms in total. The molecule has 102 valence electrons. The van der Waals surface area contributed by atoms with E-state index >= 15 is 0 Å². The Morgan fingerprint density at radius 1 is 1.22 bits per heavy atom. The van der Waals surface area contributed by atoms with Crippen molar-refractivity contribution >= 4 is 15.9 Å². The zero-order chi connectivity index (χ0) is 13.9. The van der Waals surface area contributed by atoms with Gasteiger partial charge in [-0.25, -0.2) is 0 Å². The molecule has 0 spiro atoms. The van der Waals surface area contributed by atoms with Gasteiger partial charge in [0.1, 0.15) is 0 Å². The van der Waals surface area contributed by atoms with Gasteiger partial charge in [0, 0.05) is 10.5 Å². The van der Waals surface area contributed by atoms with Gasteiger partial charge in [-0.3, -0.25) is 0 Å². The Bertz CT molecular complexity index is 423. The van der Waals surface area contributed by atoms with Crippen LogP contribution in [0.25, 0.3) is 0 Å². The summed E-state index contributed by atoms with van der Waals surface area (Å²) in [6.07, 6.45) is -5.41. The number of nitrogens with two attached hydrogens (primary N) is 1. The van der Waals surface area contributed by atoms with Gasteiger partial charge in [0.25, 0.3) is 0 Å². The van der Waals surface area contributed by atoms with Gasteiger partial charge in [-0.2, -0.15) is 13.2 Å². The molecule has 0 bridgehead atoms. The predicted molar refractivity (Wildman–Crippen MR) is 64.8 cm³/mol. The molecule has 0 radical (unpaired) electrons. The van der Waals surface area contributed by atoms with E-state index in [2.05, 4.69) is 15.9 Å². The van der Waals surface area contributed by atoms with Gasteiger partial charge in [0.05, 0.1) is 20.6 Å². The maximum Gasteiger partial charge on any atom is 0.390 e. The number of methoxy groups -OCH3 is 2. The molecule has 1 aromatic carbocycles. The fraction of sp³-hybridized carbons (Fsp3) is 0.455. The van der Waals surface area contributed by atoms with E-state index in [9.17, 15) is 13.2 Å². The Morgan fingerprint density at radius 2 is 1.72 bits per heavy atom. The Kier molecular flexibility index (Phi) is 4.86. The zero-order valence-corrected chi connectivity index (χ0v) is 11.4. The monoisotopic (exact) mass is 327 g/mol. The molecular weight excluding hydrogens is 315 g/mol. The van der Waals surface area contributed by atoms with Crippen LogP contribution in [0, 0.1) is 0 Å². The van der Waals surface area contributed by atoms with E-state index in [-0.39, 0.29) is 0 Å². The molecule has 0 aromatic heterocycles. The smallest absolute Gasteiger partial charge is 0.390 e. The topological polar surface area (TPSA) is 44.5 Å². The number of benzene rings is 1. The first-order valence-corrected chi connectivity index (χ1v) is 5.81. The van der Waals surface area contributed by atoms with Crippen LogP contribution in [0.2, 0.25) is 0 Å². The summed E-state index contributed by atoms with van der Waals surface area (Å²) in [6, 6.07) is 1.82. The maximum absolute atomic E-state index is 12.3. The van der Waals surface area contributed by atoms with Crippen molar-refractivity contribution in [3.8, 4) is 11.5 Å². The van der Waals surface area contributed by atoms with Crippen LogP contribution in [-0.2, 0) is 0 Å². The van der Waals surface area contributed by atoms with Crippen molar-refractivity contribution < 1.29 is 22.6 Å². The maximum atomic E-state index is 12.3. The van der Waals surface area contributed by atoms with Crippen LogP contribution in [0.15, 0.2) is 16.6 Å². The minimum Gasteiger partial charge on any atom is -0.493 e. The third-order valence-corrected chi connectivity index (χ3v) is 3.04. The normalized spacial score (nSPS) is 13.3. The molecule has 0 saturated heterocycles. The van der Waals surface area contributed by atoms with Crippen molar-refractivity contribution in [3.05, 3.63) is 22.2 Å². The van der Waals surface area contributed by atoms with E-state index in [1.54, 1.807) is 0 Å². The number of alkyl halides is 3. The molecule has 1 aromatic rings. The molecule has 0 amide bonds. The van der Waals surface area contributed by atoms with E-state index < -0.39 is 18.6 Å². The Balaban J connectivity index is 3.09. The molecule has 1 atom stereocenters. The van der Waals surface area contributed by atoms with E-state index in [0.29, 0.717) is 21.5 Å². The number of hydrogen-bond acceptors (Lipinski definition) is 3. The Morgan fingerprint density at radius 3 is 2.17 bits per heavy atom. The highest BCUT2D eigenvalue weighted by atomic mass is 79.9. The second-order valence-corrected chi connectivity index (χ2v) is 4.51. The summed E-state index contributed by atoms with van der Waals surface area (Å²) < 4.78 is 47.4. The summed E-state index contributed by atoms with van der Waals surface area (Å²) in [7, 11) is 2.85. The van der Waals surface area contributed by atoms with Crippen molar-refractivity contribution in [3.63, 3.8) is 0 Å². The van der Waals surface area contributed by atoms with Crippen molar-refractivity contribution in [2.45, 2.75) is 18.6 Å². The van der Waals surface area contributed by atoms with Crippen LogP contribution in [0.4, 0.5) is 13.2 Å². The summed E-state index contributed by atoms with van der Waals surface area (Å²) in [5.41, 5.74) is 5.87. The SMILES string of the molecule is COc1cc(Br)c([C@@H](N)CC(F)(F)F)cc1OC. The molecule has 0 aliphatic carbocycles. The van der Waals surface area contributed by atoms with Gasteiger partial charge in [0.15, 0.2) is 11.5 Å². The Labute approximate surface area is 111 Å². The second-order valence-electron chi connectivity index (χ2n) is 3.65. The van der Waals surface area contributed by atoms with E-state index in [1.165, 1.54) is 26.4 Å². The van der Waals surface area contributed by atoms with Gasteiger partial charge in [-0.15, -0.1) is 0 Å². The fourth-order valence-corrected chi connectivity index (χ4v) is 2.13. The molecule has 1 rings (SSSR count). The molecule has 0 saturated carbocycles. The minimum absolute atomic E-state index is 0.324. The van der Waals surface area contributed by atoms with Crippen molar-refractivity contribution in [2.24, 2.45) is 5.73 Å². The van der Waals surface area contributed by atoms with Crippen molar-refractivity contribution in [1.82, 2.24) is 0 Å². The van der Waals surface area contributed by atoms with Crippen LogP contribution in [0.3, 0.4) is 0 Å². The van der Waals surface area contributed by atoms with Crippen molar-refractivity contribution in [2.75, 3.05) is 14.2 Å². The second kappa shape index (κ2) is 5.79. The van der Waals surface area contributed by atoms with Gasteiger partial charge < -0.3 is 15.2 Å². The van der Waals surface area contributed by atoms with Gasteiger partial charge in [-0.1, -0.05) is 15.9 Å². The number of ether oxygens (including phenoxy) is 2. The first-order chi connectivity index (χ1) is 8.28. The van der Waals surface area contributed by atoms with Gasteiger partial charge in [-0.05, 0) is 17.7 Å². The summed E-state index contributed by atoms with van der Waals surface area (Å²) >= 11 is 3.18. The lowest BCUT2D eigenvalue weighted by atomic mass is 10.0.